The zero-order valence-corrected chi connectivity index (χ0v) is 13.0. The summed E-state index contributed by atoms with van der Waals surface area (Å²) in [5.41, 5.74) is 0.919. The van der Waals surface area contributed by atoms with Gasteiger partial charge in [0.1, 0.15) is 0 Å². The average molecular weight is 268 g/mol. The molecule has 0 atom stereocenters. The van der Waals surface area contributed by atoms with Gasteiger partial charge in [-0.2, -0.15) is 0 Å². The molecule has 110 valence electrons. The third kappa shape index (κ3) is 10.5. The molecule has 0 unspecified atom stereocenters. The van der Waals surface area contributed by atoms with Crippen LogP contribution in [0.2, 0.25) is 0 Å². The highest BCUT2D eigenvalue weighted by Crippen LogP contribution is 2.17. The summed E-state index contributed by atoms with van der Waals surface area (Å²) in [6.07, 6.45) is 11.3. The van der Waals surface area contributed by atoms with Gasteiger partial charge in [0.25, 0.3) is 0 Å². The molecule has 0 bridgehead atoms. The van der Waals surface area contributed by atoms with Crippen molar-refractivity contribution in [2.45, 2.75) is 58.5 Å². The van der Waals surface area contributed by atoms with Gasteiger partial charge in [0, 0.05) is 13.2 Å². The van der Waals surface area contributed by atoms with E-state index in [9.17, 15) is 4.79 Å². The van der Waals surface area contributed by atoms with E-state index in [-0.39, 0.29) is 11.6 Å². The monoisotopic (exact) mass is 268 g/mol. The first-order valence-electron chi connectivity index (χ1n) is 6.89. The van der Waals surface area contributed by atoms with E-state index in [1.165, 1.54) is 32.4 Å². The van der Waals surface area contributed by atoms with Crippen LogP contribution in [0.15, 0.2) is 23.8 Å². The largest absolute Gasteiger partial charge is 0.466 e. The molecule has 0 heterocycles. The molecule has 0 aliphatic carbocycles. The van der Waals surface area contributed by atoms with E-state index in [0.29, 0.717) is 0 Å². The van der Waals surface area contributed by atoms with E-state index in [1.807, 2.05) is 13.0 Å². The predicted molar refractivity (Wildman–Crippen MR) is 79.1 cm³/mol. The number of carbonyl (C=O) groups is 1. The number of rotatable bonds is 9. The third-order valence-corrected chi connectivity index (χ3v) is 3.13. The Morgan fingerprint density at radius 2 is 1.84 bits per heavy atom. The van der Waals surface area contributed by atoms with Crippen LogP contribution in [0.4, 0.5) is 0 Å². The van der Waals surface area contributed by atoms with Crippen molar-refractivity contribution in [3.63, 3.8) is 0 Å². The third-order valence-electron chi connectivity index (χ3n) is 3.13. The van der Waals surface area contributed by atoms with Gasteiger partial charge in [0.15, 0.2) is 0 Å². The topological polar surface area (TPSA) is 35.5 Å². The number of ether oxygens (including phenoxy) is 2. The Hall–Kier alpha value is -1.09. The SMILES string of the molecule is COC(=O)/C=C(C)/C=C/CCCCCC(C)(C)OC. The van der Waals surface area contributed by atoms with Crippen LogP contribution in [0.25, 0.3) is 0 Å². The molecule has 0 radical (unpaired) electrons. The molecule has 19 heavy (non-hydrogen) atoms. The molecule has 0 aromatic carbocycles. The highest BCUT2D eigenvalue weighted by Gasteiger charge is 2.14. The summed E-state index contributed by atoms with van der Waals surface area (Å²) in [4.78, 5) is 11.0. The van der Waals surface area contributed by atoms with Gasteiger partial charge >= 0.3 is 5.97 Å². The number of esters is 1. The van der Waals surface area contributed by atoms with E-state index >= 15 is 0 Å². The lowest BCUT2D eigenvalue weighted by molar-refractivity contribution is -0.134. The molecule has 0 aromatic heterocycles. The molecule has 0 saturated carbocycles. The van der Waals surface area contributed by atoms with E-state index < -0.39 is 0 Å². The van der Waals surface area contributed by atoms with Crippen LogP contribution in [-0.4, -0.2) is 25.8 Å². The molecule has 0 spiro atoms. The molecular formula is C16H28O3. The number of carbonyl (C=O) groups excluding carboxylic acids is 1. The molecule has 0 aliphatic rings. The van der Waals surface area contributed by atoms with Gasteiger partial charge in [-0.25, -0.2) is 4.79 Å². The van der Waals surface area contributed by atoms with E-state index in [2.05, 4.69) is 24.7 Å². The minimum Gasteiger partial charge on any atom is -0.466 e. The summed E-state index contributed by atoms with van der Waals surface area (Å²) in [5, 5.41) is 0. The number of unbranched alkanes of at least 4 members (excludes halogenated alkanes) is 3. The number of methoxy groups -OCH3 is 2. The molecule has 0 aromatic rings. The van der Waals surface area contributed by atoms with Crippen LogP contribution in [0, 0.1) is 0 Å². The summed E-state index contributed by atoms with van der Waals surface area (Å²) in [7, 11) is 3.15. The molecule has 0 N–H and O–H groups in total. The summed E-state index contributed by atoms with van der Waals surface area (Å²) >= 11 is 0. The van der Waals surface area contributed by atoms with E-state index in [1.54, 1.807) is 7.11 Å². The minimum atomic E-state index is -0.302. The van der Waals surface area contributed by atoms with Crippen LogP contribution >= 0.6 is 0 Å². The maximum Gasteiger partial charge on any atom is 0.330 e. The molecule has 0 saturated heterocycles. The van der Waals surface area contributed by atoms with Gasteiger partial charge in [-0.3, -0.25) is 0 Å². The van der Waals surface area contributed by atoms with Gasteiger partial charge in [0.2, 0.25) is 0 Å². The highest BCUT2D eigenvalue weighted by molar-refractivity contribution is 5.83. The smallest absolute Gasteiger partial charge is 0.330 e. The molecule has 3 heteroatoms. The first-order chi connectivity index (χ1) is 8.91. The lowest BCUT2D eigenvalue weighted by Gasteiger charge is -2.22. The molecule has 3 nitrogen and oxygen atoms in total. The predicted octanol–water partition coefficient (Wildman–Crippen LogP) is 4.04. The standard InChI is InChI=1S/C16H28O3/c1-14(13-15(17)18-4)11-9-7-6-8-10-12-16(2,3)19-5/h9,11,13H,6-8,10,12H2,1-5H3/b11-9+,14-13+. The Labute approximate surface area is 117 Å². The van der Waals surface area contributed by atoms with Crippen molar-refractivity contribution in [2.24, 2.45) is 0 Å². The molecular weight excluding hydrogens is 240 g/mol. The average Bonchev–Trinajstić information content (AvgIpc) is 2.37. The second-order valence-corrected chi connectivity index (χ2v) is 5.38. The number of allylic oxidation sites excluding steroid dienone is 3. The van der Waals surface area contributed by atoms with Crippen LogP contribution in [0.3, 0.4) is 0 Å². The van der Waals surface area contributed by atoms with Crippen LogP contribution in [0.5, 0.6) is 0 Å². The number of hydrogen-bond donors (Lipinski definition) is 0. The fourth-order valence-electron chi connectivity index (χ4n) is 1.65. The number of hydrogen-bond acceptors (Lipinski definition) is 3. The van der Waals surface area contributed by atoms with Crippen molar-refractivity contribution >= 4 is 5.97 Å². The van der Waals surface area contributed by atoms with Gasteiger partial charge in [-0.05, 0) is 45.6 Å². The molecule has 0 amide bonds. The Balaban J connectivity index is 3.70. The van der Waals surface area contributed by atoms with Crippen molar-refractivity contribution in [2.75, 3.05) is 14.2 Å². The summed E-state index contributed by atoms with van der Waals surface area (Å²) in [6.45, 7) is 6.14. The van der Waals surface area contributed by atoms with Gasteiger partial charge in [0.05, 0.1) is 12.7 Å². The molecule has 0 fully saturated rings. The van der Waals surface area contributed by atoms with Gasteiger partial charge in [-0.15, -0.1) is 0 Å². The Morgan fingerprint density at radius 3 is 2.42 bits per heavy atom. The fourth-order valence-corrected chi connectivity index (χ4v) is 1.65. The quantitative estimate of drug-likeness (QED) is 0.274. The first-order valence-corrected chi connectivity index (χ1v) is 6.89. The summed E-state index contributed by atoms with van der Waals surface area (Å²) in [6, 6.07) is 0. The van der Waals surface area contributed by atoms with Gasteiger partial charge < -0.3 is 9.47 Å². The summed E-state index contributed by atoms with van der Waals surface area (Å²) in [5.74, 6) is -0.302. The van der Waals surface area contributed by atoms with Gasteiger partial charge in [-0.1, -0.05) is 25.0 Å². The maximum absolute atomic E-state index is 11.0. The van der Waals surface area contributed by atoms with Crippen molar-refractivity contribution in [1.82, 2.24) is 0 Å². The van der Waals surface area contributed by atoms with Crippen molar-refractivity contribution in [1.29, 1.82) is 0 Å². The summed E-state index contributed by atoms with van der Waals surface area (Å²) < 4.78 is 9.94. The minimum absolute atomic E-state index is 0.00429. The second-order valence-electron chi connectivity index (χ2n) is 5.38. The van der Waals surface area contributed by atoms with Crippen molar-refractivity contribution < 1.29 is 14.3 Å². The zero-order valence-electron chi connectivity index (χ0n) is 13.0. The fraction of sp³-hybridized carbons (Fsp3) is 0.688. The Morgan fingerprint density at radius 1 is 1.16 bits per heavy atom. The molecule has 0 rings (SSSR count). The van der Waals surface area contributed by atoms with Crippen LogP contribution in [-0.2, 0) is 14.3 Å². The van der Waals surface area contributed by atoms with E-state index in [4.69, 9.17) is 4.74 Å². The van der Waals surface area contributed by atoms with Crippen LogP contribution in [0.1, 0.15) is 52.9 Å². The lowest BCUT2D eigenvalue weighted by Crippen LogP contribution is -2.21. The van der Waals surface area contributed by atoms with Crippen LogP contribution < -0.4 is 0 Å². The van der Waals surface area contributed by atoms with E-state index in [0.717, 1.165) is 18.4 Å². The first kappa shape index (κ1) is 17.9. The Kier molecular flexibility index (Phi) is 9.23. The molecule has 0 aliphatic heterocycles. The van der Waals surface area contributed by atoms with Crippen molar-refractivity contribution in [3.8, 4) is 0 Å². The van der Waals surface area contributed by atoms with Crippen molar-refractivity contribution in [3.05, 3.63) is 23.8 Å². The normalized spacial score (nSPS) is 13.0. The zero-order chi connectivity index (χ0) is 14.7. The highest BCUT2D eigenvalue weighted by atomic mass is 16.5. The Bertz CT molecular complexity index is 314. The second kappa shape index (κ2) is 9.79. The maximum atomic E-state index is 11.0. The lowest BCUT2D eigenvalue weighted by atomic mass is 10.00.